The van der Waals surface area contributed by atoms with Crippen molar-refractivity contribution in [3.8, 4) is 5.75 Å². The number of rotatable bonds is 8. The number of likely N-dealkylation sites (N-methyl/N-ethyl adjacent to an activating group) is 1. The zero-order valence-corrected chi connectivity index (χ0v) is 11.5. The Morgan fingerprint density at radius 1 is 1.22 bits per heavy atom. The highest BCUT2D eigenvalue weighted by molar-refractivity contribution is 5.20. The van der Waals surface area contributed by atoms with Crippen LogP contribution in [0.4, 0.5) is 0 Å². The summed E-state index contributed by atoms with van der Waals surface area (Å²) in [6.45, 7) is 2.51. The number of hydrogen-bond acceptors (Lipinski definition) is 3. The predicted molar refractivity (Wildman–Crippen MR) is 71.7 cm³/mol. The molecule has 4 heteroatoms. The summed E-state index contributed by atoms with van der Waals surface area (Å²) in [4.78, 5) is 0. The van der Waals surface area contributed by atoms with E-state index in [0.29, 0.717) is 24.2 Å². The summed E-state index contributed by atoms with van der Waals surface area (Å²) in [5.41, 5.74) is 0. The van der Waals surface area contributed by atoms with Gasteiger partial charge in [-0.1, -0.05) is 18.2 Å². The molecule has 0 aliphatic heterocycles. The first-order chi connectivity index (χ1) is 8.53. The second kappa shape index (κ2) is 7.36. The Labute approximate surface area is 109 Å². The second-order valence-electron chi connectivity index (χ2n) is 5.11. The highest BCUT2D eigenvalue weighted by Crippen LogP contribution is 2.09. The van der Waals surface area contributed by atoms with Crippen molar-refractivity contribution >= 4 is 0 Å². The molecule has 0 saturated heterocycles. The van der Waals surface area contributed by atoms with Gasteiger partial charge in [0.05, 0.1) is 20.7 Å². The molecule has 0 amide bonds. The first-order valence-electron chi connectivity index (χ1n) is 6.20. The van der Waals surface area contributed by atoms with Gasteiger partial charge in [0.25, 0.3) is 0 Å². The quantitative estimate of drug-likeness (QED) is 0.707. The lowest BCUT2D eigenvalue weighted by Crippen LogP contribution is -2.48. The fourth-order valence-corrected chi connectivity index (χ4v) is 1.83. The Kier molecular flexibility index (Phi) is 6.12. The highest BCUT2D eigenvalue weighted by atomic mass is 16.5. The molecule has 102 valence electrons. The minimum Gasteiger partial charge on any atom is -0.488 e. The maximum Gasteiger partial charge on any atom is 0.137 e. The average molecular weight is 254 g/mol. The molecule has 0 radical (unpaired) electrons. The van der Waals surface area contributed by atoms with Gasteiger partial charge in [-0.2, -0.15) is 0 Å². The van der Waals surface area contributed by atoms with Gasteiger partial charge in [-0.3, -0.25) is 0 Å². The monoisotopic (exact) mass is 254 g/mol. The summed E-state index contributed by atoms with van der Waals surface area (Å²) >= 11 is 0. The Balaban J connectivity index is 2.28. The van der Waals surface area contributed by atoms with E-state index in [1.807, 2.05) is 30.3 Å². The van der Waals surface area contributed by atoms with Crippen LogP contribution in [-0.2, 0) is 4.74 Å². The molecule has 1 atom stereocenters. The predicted octanol–water partition coefficient (Wildman–Crippen LogP) is 1.15. The van der Waals surface area contributed by atoms with Crippen LogP contribution in [0.25, 0.3) is 0 Å². The first kappa shape index (κ1) is 15.0. The number of aliphatic hydroxyl groups is 1. The maximum atomic E-state index is 9.72. The molecule has 0 fully saturated rings. The van der Waals surface area contributed by atoms with Gasteiger partial charge >= 0.3 is 0 Å². The fourth-order valence-electron chi connectivity index (χ4n) is 1.83. The van der Waals surface area contributed by atoms with Crippen LogP contribution in [0.15, 0.2) is 30.3 Å². The molecule has 0 bridgehead atoms. The molecule has 1 aromatic carbocycles. The smallest absolute Gasteiger partial charge is 0.137 e. The molecule has 1 aromatic rings. The number of aliphatic hydroxyl groups excluding tert-OH is 1. The SMILES string of the molecule is COCC(O)C[N+](C)(C)CCOc1ccccc1. The van der Waals surface area contributed by atoms with Crippen LogP contribution in [0.1, 0.15) is 0 Å². The van der Waals surface area contributed by atoms with E-state index in [4.69, 9.17) is 9.47 Å². The van der Waals surface area contributed by atoms with Crippen molar-refractivity contribution < 1.29 is 19.1 Å². The molecular formula is C14H24NO3+. The Hall–Kier alpha value is -1.10. The Bertz CT molecular complexity index is 327. The maximum absolute atomic E-state index is 9.72. The van der Waals surface area contributed by atoms with Crippen molar-refractivity contribution in [1.29, 1.82) is 0 Å². The van der Waals surface area contributed by atoms with E-state index in [9.17, 15) is 5.11 Å². The normalized spacial score (nSPS) is 13.3. The van der Waals surface area contributed by atoms with E-state index in [0.717, 1.165) is 12.3 Å². The van der Waals surface area contributed by atoms with Gasteiger partial charge in [-0.15, -0.1) is 0 Å². The number of methoxy groups -OCH3 is 1. The summed E-state index contributed by atoms with van der Waals surface area (Å²) in [6.07, 6.45) is -0.429. The molecule has 1 N–H and O–H groups in total. The summed E-state index contributed by atoms with van der Waals surface area (Å²) in [7, 11) is 5.75. The lowest BCUT2D eigenvalue weighted by atomic mass is 10.3. The van der Waals surface area contributed by atoms with Crippen molar-refractivity contribution in [3.63, 3.8) is 0 Å². The second-order valence-corrected chi connectivity index (χ2v) is 5.11. The van der Waals surface area contributed by atoms with E-state index in [2.05, 4.69) is 14.1 Å². The minimum atomic E-state index is -0.429. The first-order valence-corrected chi connectivity index (χ1v) is 6.20. The van der Waals surface area contributed by atoms with E-state index in [1.165, 1.54) is 0 Å². The molecule has 0 aliphatic rings. The number of hydrogen-bond donors (Lipinski definition) is 1. The van der Waals surface area contributed by atoms with E-state index in [1.54, 1.807) is 7.11 Å². The van der Waals surface area contributed by atoms with E-state index >= 15 is 0 Å². The van der Waals surface area contributed by atoms with Crippen molar-refractivity contribution in [1.82, 2.24) is 0 Å². The van der Waals surface area contributed by atoms with E-state index in [-0.39, 0.29) is 0 Å². The van der Waals surface area contributed by atoms with Crippen LogP contribution in [0.2, 0.25) is 0 Å². The zero-order valence-electron chi connectivity index (χ0n) is 11.5. The molecule has 1 unspecified atom stereocenters. The topological polar surface area (TPSA) is 38.7 Å². The van der Waals surface area contributed by atoms with Crippen molar-refractivity contribution in [3.05, 3.63) is 30.3 Å². The number of quaternary nitrogens is 1. The van der Waals surface area contributed by atoms with Gasteiger partial charge < -0.3 is 19.1 Å². The molecule has 18 heavy (non-hydrogen) atoms. The van der Waals surface area contributed by atoms with Gasteiger partial charge in [0.2, 0.25) is 0 Å². The highest BCUT2D eigenvalue weighted by Gasteiger charge is 2.20. The molecule has 0 spiro atoms. The molecule has 4 nitrogen and oxygen atoms in total. The number of para-hydroxylation sites is 1. The van der Waals surface area contributed by atoms with Gasteiger partial charge in [0.15, 0.2) is 0 Å². The summed E-state index contributed by atoms with van der Waals surface area (Å²) in [5.74, 6) is 0.884. The van der Waals surface area contributed by atoms with Crippen LogP contribution in [0.3, 0.4) is 0 Å². The largest absolute Gasteiger partial charge is 0.488 e. The van der Waals surface area contributed by atoms with Gasteiger partial charge in [-0.25, -0.2) is 0 Å². The zero-order chi connectivity index (χ0) is 13.4. The molecule has 0 saturated carbocycles. The van der Waals surface area contributed by atoms with Gasteiger partial charge in [-0.05, 0) is 12.1 Å². The van der Waals surface area contributed by atoms with Crippen molar-refractivity contribution in [2.45, 2.75) is 6.10 Å². The van der Waals surface area contributed by atoms with Crippen LogP contribution in [0, 0.1) is 0 Å². The third kappa shape index (κ3) is 6.00. The lowest BCUT2D eigenvalue weighted by molar-refractivity contribution is -0.893. The third-order valence-electron chi connectivity index (χ3n) is 2.77. The number of ether oxygens (including phenoxy) is 2. The fraction of sp³-hybridized carbons (Fsp3) is 0.571. The van der Waals surface area contributed by atoms with Crippen molar-refractivity contribution in [2.75, 3.05) is 47.5 Å². The minimum absolute atomic E-state index is 0.376. The van der Waals surface area contributed by atoms with Crippen molar-refractivity contribution in [2.24, 2.45) is 0 Å². The average Bonchev–Trinajstić information content (AvgIpc) is 2.29. The van der Waals surface area contributed by atoms with Crippen LogP contribution < -0.4 is 4.74 Å². The summed E-state index contributed by atoms with van der Waals surface area (Å²) in [5, 5.41) is 9.72. The lowest BCUT2D eigenvalue weighted by Gasteiger charge is -2.31. The Morgan fingerprint density at radius 3 is 2.50 bits per heavy atom. The molecule has 0 aromatic heterocycles. The molecule has 0 aliphatic carbocycles. The number of benzene rings is 1. The number of nitrogens with zero attached hydrogens (tertiary/aromatic N) is 1. The Morgan fingerprint density at radius 2 is 1.89 bits per heavy atom. The van der Waals surface area contributed by atoms with Crippen LogP contribution >= 0.6 is 0 Å². The van der Waals surface area contributed by atoms with Crippen LogP contribution in [-0.4, -0.2) is 63.2 Å². The van der Waals surface area contributed by atoms with Gasteiger partial charge in [0.1, 0.15) is 31.5 Å². The molecular weight excluding hydrogens is 230 g/mol. The molecule has 0 heterocycles. The van der Waals surface area contributed by atoms with Crippen LogP contribution in [0.5, 0.6) is 5.75 Å². The van der Waals surface area contributed by atoms with Gasteiger partial charge in [0, 0.05) is 7.11 Å². The molecule has 1 rings (SSSR count). The standard InChI is InChI=1S/C14H24NO3/c1-15(2,11-13(16)12-17-3)9-10-18-14-7-5-4-6-8-14/h4-8,13,16H,9-12H2,1-3H3/q+1. The van der Waals surface area contributed by atoms with E-state index < -0.39 is 6.10 Å². The summed E-state index contributed by atoms with van der Waals surface area (Å²) < 4.78 is 11.3. The third-order valence-corrected chi connectivity index (χ3v) is 2.77. The summed E-state index contributed by atoms with van der Waals surface area (Å²) in [6, 6.07) is 9.77.